The Morgan fingerprint density at radius 3 is 2.47 bits per heavy atom. The van der Waals surface area contributed by atoms with E-state index in [2.05, 4.69) is 18.2 Å². The van der Waals surface area contributed by atoms with E-state index in [0.29, 0.717) is 13.2 Å². The molecule has 0 fully saturated rings. The van der Waals surface area contributed by atoms with Crippen LogP contribution >= 0.6 is 0 Å². The molecule has 2 rings (SSSR count). The van der Waals surface area contributed by atoms with E-state index in [-0.39, 0.29) is 5.41 Å². The lowest BCUT2D eigenvalue weighted by Gasteiger charge is -2.26. The summed E-state index contributed by atoms with van der Waals surface area (Å²) in [6.07, 6.45) is 5.38. The molecule has 15 heavy (non-hydrogen) atoms. The Morgan fingerprint density at radius 1 is 1.13 bits per heavy atom. The lowest BCUT2D eigenvalue weighted by atomic mass is 9.84. The molecule has 0 amide bonds. The van der Waals surface area contributed by atoms with Crippen LogP contribution in [0.1, 0.15) is 11.1 Å². The smallest absolute Gasteiger partial charge is 0.0678 e. The maximum absolute atomic E-state index is 5.28. The maximum Gasteiger partial charge on any atom is 0.0678 e. The first-order valence-electron chi connectivity index (χ1n) is 5.01. The van der Waals surface area contributed by atoms with Gasteiger partial charge in [0.05, 0.1) is 18.6 Å². The van der Waals surface area contributed by atoms with Gasteiger partial charge in [0.1, 0.15) is 0 Å². The highest BCUT2D eigenvalue weighted by Gasteiger charge is 2.35. The summed E-state index contributed by atoms with van der Waals surface area (Å²) in [7, 11) is 3.42. The molecule has 1 radical (unpaired) electrons. The zero-order valence-corrected chi connectivity index (χ0v) is 9.12. The summed E-state index contributed by atoms with van der Waals surface area (Å²) >= 11 is 0. The average Bonchev–Trinajstić information content (AvgIpc) is 2.60. The van der Waals surface area contributed by atoms with E-state index >= 15 is 0 Å². The van der Waals surface area contributed by atoms with Gasteiger partial charge in [0.15, 0.2) is 0 Å². The highest BCUT2D eigenvalue weighted by molar-refractivity contribution is 5.62. The van der Waals surface area contributed by atoms with Crippen LogP contribution in [-0.2, 0) is 14.9 Å². The molecule has 1 aliphatic carbocycles. The van der Waals surface area contributed by atoms with Gasteiger partial charge in [0, 0.05) is 14.2 Å². The third-order valence-corrected chi connectivity index (χ3v) is 2.76. The zero-order chi connectivity index (χ0) is 10.7. The van der Waals surface area contributed by atoms with E-state index in [0.717, 1.165) is 0 Å². The SMILES string of the molecule is COCC1(COC)[C]=Cc2ccccc21. The molecule has 0 aliphatic heterocycles. The molecule has 0 aromatic heterocycles. The highest BCUT2D eigenvalue weighted by atomic mass is 16.5. The maximum atomic E-state index is 5.28. The summed E-state index contributed by atoms with van der Waals surface area (Å²) in [5.41, 5.74) is 2.24. The van der Waals surface area contributed by atoms with Crippen LogP contribution in [0.2, 0.25) is 0 Å². The van der Waals surface area contributed by atoms with Crippen LogP contribution in [0, 0.1) is 6.08 Å². The van der Waals surface area contributed by atoms with E-state index in [4.69, 9.17) is 9.47 Å². The predicted molar refractivity (Wildman–Crippen MR) is 59.6 cm³/mol. The summed E-state index contributed by atoms with van der Waals surface area (Å²) in [5.74, 6) is 0. The number of fused-ring (bicyclic) bond motifs is 1. The summed E-state index contributed by atoms with van der Waals surface area (Å²) in [6.45, 7) is 1.21. The molecular formula is C13H15O2. The van der Waals surface area contributed by atoms with Crippen molar-refractivity contribution in [1.29, 1.82) is 0 Å². The predicted octanol–water partition coefficient (Wildman–Crippen LogP) is 2.05. The van der Waals surface area contributed by atoms with Crippen LogP contribution in [0.3, 0.4) is 0 Å². The fraction of sp³-hybridized carbons (Fsp3) is 0.385. The lowest BCUT2D eigenvalue weighted by Crippen LogP contribution is -2.33. The van der Waals surface area contributed by atoms with Crippen LogP contribution in [0.15, 0.2) is 24.3 Å². The van der Waals surface area contributed by atoms with Gasteiger partial charge >= 0.3 is 0 Å². The third-order valence-electron chi connectivity index (χ3n) is 2.76. The Kier molecular flexibility index (Phi) is 2.89. The van der Waals surface area contributed by atoms with Gasteiger partial charge in [-0.05, 0) is 17.2 Å². The molecule has 0 bridgehead atoms. The van der Waals surface area contributed by atoms with Crippen LogP contribution in [0.25, 0.3) is 6.08 Å². The van der Waals surface area contributed by atoms with Gasteiger partial charge in [-0.15, -0.1) is 0 Å². The quantitative estimate of drug-likeness (QED) is 0.745. The van der Waals surface area contributed by atoms with Crippen LogP contribution in [0.4, 0.5) is 0 Å². The van der Waals surface area contributed by atoms with Crippen molar-refractivity contribution < 1.29 is 9.47 Å². The van der Waals surface area contributed by atoms with Gasteiger partial charge in [0.2, 0.25) is 0 Å². The Balaban J connectivity index is 2.39. The van der Waals surface area contributed by atoms with Crippen LogP contribution in [0.5, 0.6) is 0 Å². The van der Waals surface area contributed by atoms with Crippen LogP contribution in [-0.4, -0.2) is 27.4 Å². The summed E-state index contributed by atoms with van der Waals surface area (Å²) in [4.78, 5) is 0. The molecule has 1 aromatic rings. The molecule has 2 nitrogen and oxygen atoms in total. The number of hydrogen-bond donors (Lipinski definition) is 0. The largest absolute Gasteiger partial charge is 0.383 e. The number of ether oxygens (including phenoxy) is 2. The van der Waals surface area contributed by atoms with Crippen molar-refractivity contribution in [2.24, 2.45) is 0 Å². The third kappa shape index (κ3) is 1.71. The Bertz CT molecular complexity index is 363. The number of methoxy groups -OCH3 is 2. The first-order valence-corrected chi connectivity index (χ1v) is 5.01. The Morgan fingerprint density at radius 2 is 1.80 bits per heavy atom. The van der Waals surface area contributed by atoms with Crippen molar-refractivity contribution in [1.82, 2.24) is 0 Å². The second kappa shape index (κ2) is 4.17. The van der Waals surface area contributed by atoms with E-state index < -0.39 is 0 Å². The average molecular weight is 203 g/mol. The second-order valence-corrected chi connectivity index (χ2v) is 3.82. The number of rotatable bonds is 4. The van der Waals surface area contributed by atoms with Crippen molar-refractivity contribution in [3.63, 3.8) is 0 Å². The molecule has 79 valence electrons. The summed E-state index contributed by atoms with van der Waals surface area (Å²) < 4.78 is 10.6. The fourth-order valence-electron chi connectivity index (χ4n) is 2.13. The zero-order valence-electron chi connectivity index (χ0n) is 9.12. The van der Waals surface area contributed by atoms with Gasteiger partial charge in [-0.3, -0.25) is 0 Å². The van der Waals surface area contributed by atoms with E-state index in [1.165, 1.54) is 11.1 Å². The van der Waals surface area contributed by atoms with Gasteiger partial charge in [-0.2, -0.15) is 0 Å². The van der Waals surface area contributed by atoms with Crippen molar-refractivity contribution in [3.05, 3.63) is 41.5 Å². The minimum atomic E-state index is -0.222. The molecule has 0 saturated heterocycles. The molecule has 2 heteroatoms. The monoisotopic (exact) mass is 203 g/mol. The molecular weight excluding hydrogens is 188 g/mol. The number of benzene rings is 1. The second-order valence-electron chi connectivity index (χ2n) is 3.82. The Hall–Kier alpha value is -1.12. The molecule has 0 heterocycles. The van der Waals surface area contributed by atoms with Crippen molar-refractivity contribution >= 4 is 6.08 Å². The normalized spacial score (nSPS) is 16.7. The molecule has 0 N–H and O–H groups in total. The minimum Gasteiger partial charge on any atom is -0.383 e. The van der Waals surface area contributed by atoms with E-state index in [9.17, 15) is 0 Å². The minimum absolute atomic E-state index is 0.222. The summed E-state index contributed by atoms with van der Waals surface area (Å²) in [6, 6.07) is 8.28. The standard InChI is InChI=1S/C13H15O2/c1-14-9-13(10-15-2)8-7-11-5-3-4-6-12(11)13/h3-7H,9-10H2,1-2H3. The van der Waals surface area contributed by atoms with Crippen molar-refractivity contribution in [3.8, 4) is 0 Å². The first-order chi connectivity index (χ1) is 7.32. The summed E-state index contributed by atoms with van der Waals surface area (Å²) in [5, 5.41) is 0. The first kappa shape index (κ1) is 10.4. The lowest BCUT2D eigenvalue weighted by molar-refractivity contribution is 0.0812. The topological polar surface area (TPSA) is 18.5 Å². The van der Waals surface area contributed by atoms with Gasteiger partial charge < -0.3 is 9.47 Å². The number of hydrogen-bond acceptors (Lipinski definition) is 2. The van der Waals surface area contributed by atoms with E-state index in [1.807, 2.05) is 18.2 Å². The van der Waals surface area contributed by atoms with Crippen molar-refractivity contribution in [2.75, 3.05) is 27.4 Å². The highest BCUT2D eigenvalue weighted by Crippen LogP contribution is 2.35. The van der Waals surface area contributed by atoms with Gasteiger partial charge in [-0.25, -0.2) is 0 Å². The molecule has 1 aliphatic rings. The molecule has 0 saturated carbocycles. The van der Waals surface area contributed by atoms with Gasteiger partial charge in [0.25, 0.3) is 0 Å². The van der Waals surface area contributed by atoms with Crippen molar-refractivity contribution in [2.45, 2.75) is 5.41 Å². The molecule has 0 unspecified atom stereocenters. The Labute approximate surface area is 90.5 Å². The van der Waals surface area contributed by atoms with E-state index in [1.54, 1.807) is 14.2 Å². The van der Waals surface area contributed by atoms with Gasteiger partial charge in [-0.1, -0.05) is 30.3 Å². The fourth-order valence-corrected chi connectivity index (χ4v) is 2.13. The van der Waals surface area contributed by atoms with Crippen LogP contribution < -0.4 is 0 Å². The molecule has 0 spiro atoms. The molecule has 1 aromatic carbocycles. The molecule has 0 atom stereocenters.